The highest BCUT2D eigenvalue weighted by Crippen LogP contribution is 2.42. The number of benzene rings is 2. The molecule has 10 heteroatoms. The summed E-state index contributed by atoms with van der Waals surface area (Å²) in [6.07, 6.45) is 0.764. The predicted octanol–water partition coefficient (Wildman–Crippen LogP) is 5.82. The summed E-state index contributed by atoms with van der Waals surface area (Å²) in [4.78, 5) is 0.102. The minimum Gasteiger partial charge on any atom is -0.379 e. The zero-order chi connectivity index (χ0) is 25.5. The van der Waals surface area contributed by atoms with Gasteiger partial charge in [-0.05, 0) is 45.4 Å². The van der Waals surface area contributed by atoms with E-state index in [4.69, 9.17) is 16.3 Å². The van der Waals surface area contributed by atoms with Crippen molar-refractivity contribution in [2.75, 3.05) is 17.5 Å². The number of hydrogen-bond donors (Lipinski definition) is 0. The number of nitrogens with zero attached hydrogens (tertiary/aromatic N) is 4. The van der Waals surface area contributed by atoms with Crippen molar-refractivity contribution in [3.8, 4) is 11.4 Å². The Bertz CT molecular complexity index is 1310. The maximum absolute atomic E-state index is 14.9. The normalized spacial score (nSPS) is 16.7. The number of ether oxygens (including phenoxy) is 1. The van der Waals surface area contributed by atoms with Crippen LogP contribution in [0.3, 0.4) is 0 Å². The third-order valence-electron chi connectivity index (χ3n) is 5.90. The molecular weight excluding hydrogens is 491 g/mol. The molecule has 1 saturated heterocycles. The Morgan fingerprint density at radius 3 is 2.43 bits per heavy atom. The molecule has 0 bridgehead atoms. The van der Waals surface area contributed by atoms with Crippen molar-refractivity contribution in [1.29, 1.82) is 0 Å². The monoisotopic (exact) mass is 520 g/mol. The molecule has 2 aromatic carbocycles. The first-order valence-electron chi connectivity index (χ1n) is 11.6. The molecule has 0 saturated carbocycles. The highest BCUT2D eigenvalue weighted by molar-refractivity contribution is 7.93. The standard InChI is InChI=1S/C25H30ClFN4O3S/c1-16(2)23-28-29-24(30(23)17-11-12-34-15-17)19-13-20(26)21(27)14-22(19)31(25(3,4)5)35(32,33)18-9-7-6-8-10-18/h6-10,13-14,16-17H,11-12,15H2,1-5H3. The molecule has 1 unspecified atom stereocenters. The fraction of sp³-hybridized carbons (Fsp3) is 0.440. The highest BCUT2D eigenvalue weighted by Gasteiger charge is 2.38. The maximum atomic E-state index is 14.9. The molecule has 0 N–H and O–H groups in total. The van der Waals surface area contributed by atoms with Crippen LogP contribution in [-0.2, 0) is 14.8 Å². The number of anilines is 1. The minimum absolute atomic E-state index is 0.0251. The van der Waals surface area contributed by atoms with Gasteiger partial charge >= 0.3 is 0 Å². The molecular formula is C25H30ClFN4O3S. The van der Waals surface area contributed by atoms with Crippen LogP contribution in [0, 0.1) is 5.82 Å². The Balaban J connectivity index is 2.02. The third-order valence-corrected chi connectivity index (χ3v) is 8.28. The van der Waals surface area contributed by atoms with E-state index in [0.29, 0.717) is 24.6 Å². The van der Waals surface area contributed by atoms with Crippen LogP contribution < -0.4 is 4.31 Å². The molecule has 0 radical (unpaired) electrons. The molecule has 0 spiro atoms. The Labute approximate surface area is 210 Å². The van der Waals surface area contributed by atoms with Crippen molar-refractivity contribution in [3.63, 3.8) is 0 Å². The summed E-state index contributed by atoms with van der Waals surface area (Å²) < 4.78 is 51.6. The topological polar surface area (TPSA) is 77.3 Å². The van der Waals surface area contributed by atoms with Gasteiger partial charge in [-0.2, -0.15) is 0 Å². The van der Waals surface area contributed by atoms with Gasteiger partial charge in [-0.15, -0.1) is 10.2 Å². The van der Waals surface area contributed by atoms with Crippen molar-refractivity contribution in [2.24, 2.45) is 0 Å². The Morgan fingerprint density at radius 1 is 1.17 bits per heavy atom. The second-order valence-corrected chi connectivity index (χ2v) is 12.2. The predicted molar refractivity (Wildman–Crippen MR) is 135 cm³/mol. The van der Waals surface area contributed by atoms with E-state index < -0.39 is 21.4 Å². The molecule has 1 atom stereocenters. The molecule has 7 nitrogen and oxygen atoms in total. The zero-order valence-corrected chi connectivity index (χ0v) is 22.1. The first-order chi connectivity index (χ1) is 16.4. The quantitative estimate of drug-likeness (QED) is 0.409. The van der Waals surface area contributed by atoms with Gasteiger partial charge in [-0.25, -0.2) is 12.8 Å². The van der Waals surface area contributed by atoms with Gasteiger partial charge in [-0.3, -0.25) is 4.31 Å². The second kappa shape index (κ2) is 9.52. The summed E-state index contributed by atoms with van der Waals surface area (Å²) >= 11 is 6.24. The molecule has 1 fully saturated rings. The lowest BCUT2D eigenvalue weighted by molar-refractivity contribution is 0.186. The SMILES string of the molecule is CC(C)c1nnc(-c2cc(Cl)c(F)cc2N(C(C)(C)C)S(=O)(=O)c2ccccc2)n1C1CCOC1. The minimum atomic E-state index is -4.07. The first-order valence-corrected chi connectivity index (χ1v) is 13.4. The van der Waals surface area contributed by atoms with E-state index in [1.807, 2.05) is 18.4 Å². The largest absolute Gasteiger partial charge is 0.379 e. The van der Waals surface area contributed by atoms with Crippen molar-refractivity contribution < 1.29 is 17.5 Å². The number of sulfonamides is 1. The number of hydrogen-bond acceptors (Lipinski definition) is 5. The molecule has 1 aliphatic rings. The first kappa shape index (κ1) is 25.6. The summed E-state index contributed by atoms with van der Waals surface area (Å²) in [6.45, 7) is 10.4. The van der Waals surface area contributed by atoms with Gasteiger partial charge in [0.1, 0.15) is 11.6 Å². The Morgan fingerprint density at radius 2 is 1.86 bits per heavy atom. The summed E-state index contributed by atoms with van der Waals surface area (Å²) in [6, 6.07) is 10.7. The molecule has 1 aromatic heterocycles. The van der Waals surface area contributed by atoms with Crippen LogP contribution in [0.15, 0.2) is 47.4 Å². The van der Waals surface area contributed by atoms with Crippen LogP contribution in [-0.4, -0.2) is 41.9 Å². The van der Waals surface area contributed by atoms with E-state index in [1.165, 1.54) is 28.6 Å². The summed E-state index contributed by atoms with van der Waals surface area (Å²) in [7, 11) is -4.07. The lowest BCUT2D eigenvalue weighted by Crippen LogP contribution is -2.46. The van der Waals surface area contributed by atoms with Crippen molar-refractivity contribution >= 4 is 27.3 Å². The summed E-state index contributed by atoms with van der Waals surface area (Å²) in [5, 5.41) is 8.76. The molecule has 0 amide bonds. The van der Waals surface area contributed by atoms with E-state index in [2.05, 4.69) is 10.2 Å². The van der Waals surface area contributed by atoms with Gasteiger partial charge in [0.25, 0.3) is 10.0 Å². The van der Waals surface area contributed by atoms with E-state index in [9.17, 15) is 12.8 Å². The van der Waals surface area contributed by atoms with Gasteiger partial charge in [0.2, 0.25) is 0 Å². The van der Waals surface area contributed by atoms with Gasteiger partial charge in [0.15, 0.2) is 5.82 Å². The fourth-order valence-corrected chi connectivity index (χ4v) is 6.41. The lowest BCUT2D eigenvalue weighted by atomic mass is 10.0. The Kier molecular flexibility index (Phi) is 6.96. The molecule has 2 heterocycles. The average molecular weight is 521 g/mol. The number of halogens is 2. The summed E-state index contributed by atoms with van der Waals surface area (Å²) in [5.41, 5.74) is -0.408. The van der Waals surface area contributed by atoms with Crippen molar-refractivity contribution in [2.45, 2.75) is 63.4 Å². The van der Waals surface area contributed by atoms with Crippen molar-refractivity contribution in [1.82, 2.24) is 14.8 Å². The van der Waals surface area contributed by atoms with Crippen LogP contribution in [0.2, 0.25) is 5.02 Å². The van der Waals surface area contributed by atoms with Gasteiger partial charge in [-0.1, -0.05) is 43.6 Å². The zero-order valence-electron chi connectivity index (χ0n) is 20.5. The molecule has 0 aliphatic carbocycles. The molecule has 4 rings (SSSR count). The van der Waals surface area contributed by atoms with Gasteiger partial charge < -0.3 is 9.30 Å². The number of aromatic nitrogens is 3. The van der Waals surface area contributed by atoms with Crippen LogP contribution >= 0.6 is 11.6 Å². The van der Waals surface area contributed by atoms with E-state index in [0.717, 1.165) is 12.2 Å². The average Bonchev–Trinajstić information content (AvgIpc) is 3.45. The molecule has 1 aliphatic heterocycles. The van der Waals surface area contributed by atoms with Gasteiger partial charge in [0.05, 0.1) is 28.3 Å². The van der Waals surface area contributed by atoms with Crippen LogP contribution in [0.25, 0.3) is 11.4 Å². The van der Waals surface area contributed by atoms with E-state index in [1.54, 1.807) is 39.0 Å². The van der Waals surface area contributed by atoms with E-state index >= 15 is 0 Å². The van der Waals surface area contributed by atoms with Crippen molar-refractivity contribution in [3.05, 3.63) is 59.1 Å². The van der Waals surface area contributed by atoms with Crippen LogP contribution in [0.5, 0.6) is 0 Å². The van der Waals surface area contributed by atoms with Crippen LogP contribution in [0.4, 0.5) is 10.1 Å². The van der Waals surface area contributed by atoms with Crippen LogP contribution in [0.1, 0.15) is 58.8 Å². The smallest absolute Gasteiger partial charge is 0.264 e. The number of rotatable bonds is 6. The third kappa shape index (κ3) is 4.81. The van der Waals surface area contributed by atoms with E-state index in [-0.39, 0.29) is 27.6 Å². The fourth-order valence-electron chi connectivity index (χ4n) is 4.40. The molecule has 35 heavy (non-hydrogen) atoms. The maximum Gasteiger partial charge on any atom is 0.264 e. The molecule has 3 aromatic rings. The lowest BCUT2D eigenvalue weighted by Gasteiger charge is -2.37. The Hall–Kier alpha value is -2.49. The molecule has 188 valence electrons. The highest BCUT2D eigenvalue weighted by atomic mass is 35.5. The second-order valence-electron chi connectivity index (χ2n) is 9.96. The van der Waals surface area contributed by atoms with Gasteiger partial charge in [0, 0.05) is 29.7 Å². The summed E-state index contributed by atoms with van der Waals surface area (Å²) in [5.74, 6) is 0.513.